The second-order valence-corrected chi connectivity index (χ2v) is 5.32. The number of pyridine rings is 1. The number of nitrogens with zero attached hydrogens (tertiary/aromatic N) is 1. The zero-order chi connectivity index (χ0) is 14.9. The smallest absolute Gasteiger partial charge is 0.341 e. The lowest BCUT2D eigenvalue weighted by Crippen LogP contribution is -2.32. The molecule has 0 radical (unpaired) electrons. The van der Waals surface area contributed by atoms with Gasteiger partial charge in [0.05, 0.1) is 16.6 Å². The minimum atomic E-state index is -1.29. The molecule has 2 heterocycles. The second-order valence-electron chi connectivity index (χ2n) is 4.38. The first kappa shape index (κ1) is 14.2. The standard InChI is InChI=1S/C14H13NO4S/c1-8(9(2)16)15-11(12-4-3-7-20-12)6-5-10(13(15)17)14(18)19/h3-8H,1-2H3,(H,18,19). The summed E-state index contributed by atoms with van der Waals surface area (Å²) < 4.78 is 1.25. The molecule has 6 heteroatoms. The lowest BCUT2D eigenvalue weighted by Gasteiger charge is -2.17. The van der Waals surface area contributed by atoms with Crippen molar-refractivity contribution in [3.05, 3.63) is 45.6 Å². The average molecular weight is 291 g/mol. The van der Waals surface area contributed by atoms with Gasteiger partial charge in [-0.3, -0.25) is 14.2 Å². The maximum Gasteiger partial charge on any atom is 0.341 e. The summed E-state index contributed by atoms with van der Waals surface area (Å²) in [7, 11) is 0. The third-order valence-corrected chi connectivity index (χ3v) is 3.99. The molecule has 0 fully saturated rings. The Morgan fingerprint density at radius 3 is 2.50 bits per heavy atom. The van der Waals surface area contributed by atoms with E-state index in [0.717, 1.165) is 4.88 Å². The molecule has 5 nitrogen and oxygen atoms in total. The number of hydrogen-bond donors (Lipinski definition) is 1. The minimum Gasteiger partial charge on any atom is -0.477 e. The van der Waals surface area contributed by atoms with E-state index in [1.54, 1.807) is 13.0 Å². The number of ketones is 1. The Hall–Kier alpha value is -2.21. The van der Waals surface area contributed by atoms with Crippen LogP contribution in [0.25, 0.3) is 10.6 Å². The molecule has 2 aromatic rings. The normalized spacial score (nSPS) is 12.1. The molecule has 2 aromatic heterocycles. The van der Waals surface area contributed by atoms with Crippen molar-refractivity contribution in [2.45, 2.75) is 19.9 Å². The van der Waals surface area contributed by atoms with Gasteiger partial charge < -0.3 is 5.11 Å². The van der Waals surface area contributed by atoms with Gasteiger partial charge in [-0.25, -0.2) is 4.79 Å². The van der Waals surface area contributed by atoms with Gasteiger partial charge in [-0.1, -0.05) is 6.07 Å². The van der Waals surface area contributed by atoms with Gasteiger partial charge >= 0.3 is 5.97 Å². The molecule has 20 heavy (non-hydrogen) atoms. The quantitative estimate of drug-likeness (QED) is 0.938. The van der Waals surface area contributed by atoms with Crippen LogP contribution in [0.2, 0.25) is 0 Å². The number of thiophene rings is 1. The second kappa shape index (κ2) is 5.42. The summed E-state index contributed by atoms with van der Waals surface area (Å²) in [6, 6.07) is 5.79. The first-order chi connectivity index (χ1) is 9.43. The molecular formula is C14H13NO4S. The first-order valence-corrected chi connectivity index (χ1v) is 6.84. The molecule has 0 spiro atoms. The van der Waals surface area contributed by atoms with Gasteiger partial charge in [0.25, 0.3) is 5.56 Å². The highest BCUT2D eigenvalue weighted by atomic mass is 32.1. The van der Waals surface area contributed by atoms with Crippen LogP contribution in [-0.4, -0.2) is 21.4 Å². The monoisotopic (exact) mass is 291 g/mol. The zero-order valence-corrected chi connectivity index (χ0v) is 11.8. The molecule has 0 aliphatic rings. The number of hydrogen-bond acceptors (Lipinski definition) is 4. The maximum atomic E-state index is 12.3. The summed E-state index contributed by atoms with van der Waals surface area (Å²) >= 11 is 1.42. The van der Waals surface area contributed by atoms with E-state index in [2.05, 4.69) is 0 Å². The van der Waals surface area contributed by atoms with Crippen LogP contribution in [0.4, 0.5) is 0 Å². The van der Waals surface area contributed by atoms with Gasteiger partial charge in [0, 0.05) is 0 Å². The molecule has 1 N–H and O–H groups in total. The Morgan fingerprint density at radius 1 is 1.30 bits per heavy atom. The first-order valence-electron chi connectivity index (χ1n) is 5.96. The number of aromatic carboxylic acids is 1. The van der Waals surface area contributed by atoms with Gasteiger partial charge in [0.2, 0.25) is 0 Å². The Bertz CT molecular complexity index is 715. The molecular weight excluding hydrogens is 278 g/mol. The summed E-state index contributed by atoms with van der Waals surface area (Å²) in [6.45, 7) is 2.97. The van der Waals surface area contributed by atoms with E-state index in [-0.39, 0.29) is 11.3 Å². The molecule has 0 saturated carbocycles. The lowest BCUT2D eigenvalue weighted by molar-refractivity contribution is -0.119. The average Bonchev–Trinajstić information content (AvgIpc) is 2.90. The number of aromatic nitrogens is 1. The highest BCUT2D eigenvalue weighted by molar-refractivity contribution is 7.13. The van der Waals surface area contributed by atoms with E-state index >= 15 is 0 Å². The lowest BCUT2D eigenvalue weighted by atomic mass is 10.1. The molecule has 0 saturated heterocycles. The van der Waals surface area contributed by atoms with E-state index in [1.807, 2.05) is 17.5 Å². The summed E-state index contributed by atoms with van der Waals surface area (Å²) in [5.41, 5.74) is -0.442. The third-order valence-electron chi connectivity index (χ3n) is 3.10. The van der Waals surface area contributed by atoms with E-state index in [1.165, 1.54) is 28.9 Å². The van der Waals surface area contributed by atoms with Gasteiger partial charge in [-0.15, -0.1) is 11.3 Å². The fourth-order valence-corrected chi connectivity index (χ4v) is 2.66. The van der Waals surface area contributed by atoms with Crippen LogP contribution in [-0.2, 0) is 4.79 Å². The van der Waals surface area contributed by atoms with Gasteiger partial charge in [0.15, 0.2) is 5.78 Å². The number of carbonyl (C=O) groups excluding carboxylic acids is 1. The van der Waals surface area contributed by atoms with Gasteiger partial charge in [0.1, 0.15) is 5.56 Å². The molecule has 1 unspecified atom stereocenters. The number of carboxylic acids is 1. The van der Waals surface area contributed by atoms with Crippen LogP contribution < -0.4 is 5.56 Å². The van der Waals surface area contributed by atoms with Gasteiger partial charge in [-0.2, -0.15) is 0 Å². The predicted molar refractivity (Wildman–Crippen MR) is 76.4 cm³/mol. The summed E-state index contributed by atoms with van der Waals surface area (Å²) in [5, 5.41) is 10.9. The number of carboxylic acid groups (broad SMARTS) is 1. The molecule has 0 bridgehead atoms. The molecule has 2 rings (SSSR count). The predicted octanol–water partition coefficient (Wildman–Crippen LogP) is 2.42. The Morgan fingerprint density at radius 2 is 2.00 bits per heavy atom. The summed E-state index contributed by atoms with van der Waals surface area (Å²) in [5.74, 6) is -1.50. The SMILES string of the molecule is CC(=O)C(C)n1c(-c2cccs2)ccc(C(=O)O)c1=O. The van der Waals surface area contributed by atoms with Crippen LogP contribution in [0.3, 0.4) is 0 Å². The third kappa shape index (κ3) is 2.42. The largest absolute Gasteiger partial charge is 0.477 e. The summed E-state index contributed by atoms with van der Waals surface area (Å²) in [4.78, 5) is 35.8. The van der Waals surface area contributed by atoms with E-state index < -0.39 is 17.6 Å². The molecule has 0 aliphatic heterocycles. The van der Waals surface area contributed by atoms with Crippen LogP contribution in [0, 0.1) is 0 Å². The van der Waals surface area contributed by atoms with E-state index in [0.29, 0.717) is 5.69 Å². The Balaban J connectivity index is 2.76. The molecule has 1 atom stereocenters. The number of Topliss-reactive ketones (excluding diaryl/α,β-unsaturated/α-hetero) is 1. The fraction of sp³-hybridized carbons (Fsp3) is 0.214. The maximum absolute atomic E-state index is 12.3. The summed E-state index contributed by atoms with van der Waals surface area (Å²) in [6.07, 6.45) is 0. The van der Waals surface area contributed by atoms with Crippen molar-refractivity contribution in [1.29, 1.82) is 0 Å². The Labute approximate surface area is 119 Å². The topological polar surface area (TPSA) is 76.4 Å². The van der Waals surface area contributed by atoms with Crippen molar-refractivity contribution in [2.75, 3.05) is 0 Å². The highest BCUT2D eigenvalue weighted by Crippen LogP contribution is 2.26. The van der Waals surface area contributed by atoms with Crippen molar-refractivity contribution in [3.8, 4) is 10.6 Å². The van der Waals surface area contributed by atoms with Crippen molar-refractivity contribution >= 4 is 23.1 Å². The highest BCUT2D eigenvalue weighted by Gasteiger charge is 2.21. The molecule has 0 aliphatic carbocycles. The van der Waals surface area contributed by atoms with E-state index in [4.69, 9.17) is 5.11 Å². The minimum absolute atomic E-state index is 0.201. The number of rotatable bonds is 4. The van der Waals surface area contributed by atoms with Crippen molar-refractivity contribution < 1.29 is 14.7 Å². The van der Waals surface area contributed by atoms with Gasteiger partial charge in [-0.05, 0) is 37.4 Å². The fourth-order valence-electron chi connectivity index (χ4n) is 1.91. The van der Waals surface area contributed by atoms with Crippen molar-refractivity contribution in [3.63, 3.8) is 0 Å². The van der Waals surface area contributed by atoms with Crippen LogP contribution >= 0.6 is 11.3 Å². The van der Waals surface area contributed by atoms with Crippen LogP contribution in [0.1, 0.15) is 30.2 Å². The molecule has 104 valence electrons. The Kier molecular flexibility index (Phi) is 3.85. The van der Waals surface area contributed by atoms with Crippen molar-refractivity contribution in [2.24, 2.45) is 0 Å². The van der Waals surface area contributed by atoms with Crippen LogP contribution in [0.15, 0.2) is 34.4 Å². The molecule has 0 amide bonds. The zero-order valence-electron chi connectivity index (χ0n) is 11.0. The van der Waals surface area contributed by atoms with Crippen molar-refractivity contribution in [1.82, 2.24) is 4.57 Å². The number of carbonyl (C=O) groups is 2. The van der Waals surface area contributed by atoms with Crippen LogP contribution in [0.5, 0.6) is 0 Å². The van der Waals surface area contributed by atoms with E-state index in [9.17, 15) is 14.4 Å². The molecule has 0 aromatic carbocycles.